The molecule has 3 rings (SSSR count). The zero-order valence-electron chi connectivity index (χ0n) is 9.90. The predicted molar refractivity (Wildman–Crippen MR) is 72.2 cm³/mol. The van der Waals surface area contributed by atoms with Crippen molar-refractivity contribution >= 4 is 6.08 Å². The van der Waals surface area contributed by atoms with Gasteiger partial charge in [0.05, 0.1) is 17.7 Å². The van der Waals surface area contributed by atoms with Gasteiger partial charge in [0.15, 0.2) is 0 Å². The highest BCUT2D eigenvalue weighted by atomic mass is 15.0. The van der Waals surface area contributed by atoms with Crippen molar-refractivity contribution in [3.63, 3.8) is 0 Å². The maximum Gasteiger partial charge on any atom is 0.0991 e. The van der Waals surface area contributed by atoms with Gasteiger partial charge in [-0.15, -0.1) is 0 Å². The lowest BCUT2D eigenvalue weighted by Gasteiger charge is -2.04. The number of nitrogens with zero attached hydrogens (tertiary/aromatic N) is 3. The van der Waals surface area contributed by atoms with Crippen molar-refractivity contribution in [3.05, 3.63) is 72.6 Å². The van der Waals surface area contributed by atoms with Crippen LogP contribution in [-0.2, 0) is 0 Å². The van der Waals surface area contributed by atoms with E-state index in [2.05, 4.69) is 46.4 Å². The smallest absolute Gasteiger partial charge is 0.0991 e. The molecule has 0 aliphatic heterocycles. The van der Waals surface area contributed by atoms with Gasteiger partial charge < -0.3 is 4.57 Å². The predicted octanol–water partition coefficient (Wildman–Crippen LogP) is 3.17. The van der Waals surface area contributed by atoms with Crippen molar-refractivity contribution in [3.8, 4) is 5.69 Å². The Morgan fingerprint density at radius 2 is 2.22 bits per heavy atom. The van der Waals surface area contributed by atoms with E-state index < -0.39 is 0 Å². The summed E-state index contributed by atoms with van der Waals surface area (Å²) in [6.07, 6.45) is 18.8. The second-order valence-electron chi connectivity index (χ2n) is 4.12. The van der Waals surface area contributed by atoms with Crippen molar-refractivity contribution < 1.29 is 0 Å². The van der Waals surface area contributed by atoms with E-state index >= 15 is 0 Å². The largest absolute Gasteiger partial charge is 0.306 e. The molecule has 18 heavy (non-hydrogen) atoms. The monoisotopic (exact) mass is 235 g/mol. The van der Waals surface area contributed by atoms with Crippen molar-refractivity contribution in [2.75, 3.05) is 0 Å². The fourth-order valence-electron chi connectivity index (χ4n) is 1.91. The maximum absolute atomic E-state index is 4.38. The molecule has 0 N–H and O–H groups in total. The molecule has 0 atom stereocenters. The second kappa shape index (κ2) is 4.84. The Morgan fingerprint density at radius 1 is 1.22 bits per heavy atom. The van der Waals surface area contributed by atoms with E-state index in [-0.39, 0.29) is 0 Å². The number of pyridine rings is 1. The molecule has 0 saturated carbocycles. The van der Waals surface area contributed by atoms with Gasteiger partial charge in [-0.3, -0.25) is 4.98 Å². The summed E-state index contributed by atoms with van der Waals surface area (Å²) in [7, 11) is 0. The third-order valence-corrected chi connectivity index (χ3v) is 2.81. The van der Waals surface area contributed by atoms with Crippen molar-refractivity contribution in [2.24, 2.45) is 0 Å². The highest BCUT2D eigenvalue weighted by molar-refractivity contribution is 5.56. The van der Waals surface area contributed by atoms with Crippen LogP contribution in [0.5, 0.6) is 0 Å². The van der Waals surface area contributed by atoms with Gasteiger partial charge in [-0.05, 0) is 30.2 Å². The molecule has 0 radical (unpaired) electrons. The fraction of sp³-hybridized carbons (Fsp3) is 0.0667. The standard InChI is InChI=1S/C15H13N3/c1-2-4-13(5-3-1)10-14-11-15(6-7-17-14)18-9-8-16-12-18/h1-4,6-12H,5H2. The Labute approximate surface area is 106 Å². The van der Waals surface area contributed by atoms with Crippen molar-refractivity contribution in [2.45, 2.75) is 6.42 Å². The Kier molecular flexibility index (Phi) is 2.88. The normalized spacial score (nSPS) is 16.3. The van der Waals surface area contributed by atoms with Crippen molar-refractivity contribution in [1.82, 2.24) is 14.5 Å². The average molecular weight is 235 g/mol. The summed E-state index contributed by atoms with van der Waals surface area (Å²) in [5, 5.41) is 0. The third-order valence-electron chi connectivity index (χ3n) is 2.81. The Balaban J connectivity index is 1.92. The van der Waals surface area contributed by atoms with E-state index in [1.54, 1.807) is 12.5 Å². The van der Waals surface area contributed by atoms with Crippen LogP contribution in [0.2, 0.25) is 0 Å². The molecule has 0 unspecified atom stereocenters. The number of rotatable bonds is 2. The summed E-state index contributed by atoms with van der Waals surface area (Å²) in [6.45, 7) is 0. The summed E-state index contributed by atoms with van der Waals surface area (Å²) in [4.78, 5) is 8.43. The van der Waals surface area contributed by atoms with E-state index in [0.29, 0.717) is 0 Å². The zero-order chi connectivity index (χ0) is 12.2. The number of aromatic nitrogens is 3. The molecule has 3 nitrogen and oxygen atoms in total. The topological polar surface area (TPSA) is 30.7 Å². The van der Waals surface area contributed by atoms with Gasteiger partial charge in [-0.2, -0.15) is 0 Å². The van der Waals surface area contributed by atoms with Gasteiger partial charge in [0.1, 0.15) is 0 Å². The van der Waals surface area contributed by atoms with E-state index in [1.165, 1.54) is 5.57 Å². The highest BCUT2D eigenvalue weighted by Crippen LogP contribution is 2.15. The Morgan fingerprint density at radius 3 is 3.00 bits per heavy atom. The summed E-state index contributed by atoms with van der Waals surface area (Å²) in [5.74, 6) is 0. The molecular weight excluding hydrogens is 222 g/mol. The minimum absolute atomic E-state index is 0.966. The van der Waals surface area contributed by atoms with Crippen LogP contribution in [0.4, 0.5) is 0 Å². The molecule has 2 aromatic heterocycles. The first-order valence-electron chi connectivity index (χ1n) is 5.90. The van der Waals surface area contributed by atoms with Crippen LogP contribution >= 0.6 is 0 Å². The number of imidazole rings is 1. The van der Waals surface area contributed by atoms with Crippen molar-refractivity contribution in [1.29, 1.82) is 0 Å². The van der Waals surface area contributed by atoms with E-state index in [0.717, 1.165) is 17.8 Å². The zero-order valence-corrected chi connectivity index (χ0v) is 9.90. The molecule has 0 aromatic carbocycles. The number of hydrogen-bond acceptors (Lipinski definition) is 2. The van der Waals surface area contributed by atoms with Gasteiger partial charge in [-0.25, -0.2) is 4.98 Å². The van der Waals surface area contributed by atoms with Crippen LogP contribution in [-0.4, -0.2) is 14.5 Å². The molecular formula is C15H13N3. The van der Waals surface area contributed by atoms with Gasteiger partial charge in [0.25, 0.3) is 0 Å². The molecule has 2 aromatic rings. The van der Waals surface area contributed by atoms with Gasteiger partial charge in [-0.1, -0.05) is 24.3 Å². The number of hydrogen-bond donors (Lipinski definition) is 0. The van der Waals surface area contributed by atoms with E-state index in [1.807, 2.05) is 23.0 Å². The first-order valence-corrected chi connectivity index (χ1v) is 5.90. The third kappa shape index (κ3) is 2.30. The summed E-state index contributed by atoms with van der Waals surface area (Å²) in [5.41, 5.74) is 3.31. The minimum atomic E-state index is 0.966. The molecule has 1 aliphatic carbocycles. The molecule has 0 amide bonds. The maximum atomic E-state index is 4.38. The quantitative estimate of drug-likeness (QED) is 0.800. The first kappa shape index (κ1) is 10.7. The summed E-state index contributed by atoms with van der Waals surface area (Å²) >= 11 is 0. The fourth-order valence-corrected chi connectivity index (χ4v) is 1.91. The lowest BCUT2D eigenvalue weighted by Crippen LogP contribution is -1.92. The molecule has 88 valence electrons. The summed E-state index contributed by atoms with van der Waals surface area (Å²) < 4.78 is 1.97. The van der Waals surface area contributed by atoms with E-state index in [4.69, 9.17) is 0 Å². The molecule has 0 bridgehead atoms. The first-order chi connectivity index (χ1) is 8.92. The van der Waals surface area contributed by atoms with Crippen LogP contribution in [0.1, 0.15) is 12.1 Å². The van der Waals surface area contributed by atoms with Crippen LogP contribution in [0.25, 0.3) is 11.8 Å². The van der Waals surface area contributed by atoms with Crippen LogP contribution in [0.3, 0.4) is 0 Å². The van der Waals surface area contributed by atoms with Gasteiger partial charge in [0, 0.05) is 18.6 Å². The van der Waals surface area contributed by atoms with E-state index in [9.17, 15) is 0 Å². The minimum Gasteiger partial charge on any atom is -0.306 e. The molecule has 2 heterocycles. The SMILES string of the molecule is C1=CCC(=Cc2cc(-n3ccnc3)ccn2)C=C1. The second-order valence-corrected chi connectivity index (χ2v) is 4.12. The molecule has 0 fully saturated rings. The molecule has 0 saturated heterocycles. The lowest BCUT2D eigenvalue weighted by molar-refractivity contribution is 1.04. The van der Waals surface area contributed by atoms with Gasteiger partial charge >= 0.3 is 0 Å². The van der Waals surface area contributed by atoms with Crippen LogP contribution in [0.15, 0.2) is 66.9 Å². The highest BCUT2D eigenvalue weighted by Gasteiger charge is 1.99. The lowest BCUT2D eigenvalue weighted by atomic mass is 10.1. The Hall–Kier alpha value is -2.42. The summed E-state index contributed by atoms with van der Waals surface area (Å²) in [6, 6.07) is 4.03. The van der Waals surface area contributed by atoms with Crippen LogP contribution in [0, 0.1) is 0 Å². The van der Waals surface area contributed by atoms with Crippen LogP contribution < -0.4 is 0 Å². The van der Waals surface area contributed by atoms with Gasteiger partial charge in [0.2, 0.25) is 0 Å². The number of allylic oxidation sites excluding steroid dienone is 5. The molecule has 3 heteroatoms. The molecule has 0 spiro atoms. The Bertz CT molecular complexity index is 619. The average Bonchev–Trinajstić information content (AvgIpc) is 2.94. The molecule has 1 aliphatic rings.